The van der Waals surface area contributed by atoms with E-state index in [1.54, 1.807) is 31.4 Å². The molecule has 1 heterocycles. The summed E-state index contributed by atoms with van der Waals surface area (Å²) in [7, 11) is 1.56. The maximum absolute atomic E-state index is 13.0. The van der Waals surface area contributed by atoms with Gasteiger partial charge in [0.1, 0.15) is 12.6 Å². The first-order valence-corrected chi connectivity index (χ1v) is 10.8. The molecule has 0 unspecified atom stereocenters. The Hall–Kier alpha value is -3.54. The monoisotopic (exact) mass is 434 g/mol. The average molecular weight is 435 g/mol. The molecule has 1 aliphatic heterocycles. The summed E-state index contributed by atoms with van der Waals surface area (Å²) in [4.78, 5) is 27.5. The second-order valence-corrected chi connectivity index (χ2v) is 7.63. The van der Waals surface area contributed by atoms with Crippen molar-refractivity contribution in [3.05, 3.63) is 78.4 Å². The van der Waals surface area contributed by atoms with Crippen LogP contribution in [0.2, 0.25) is 0 Å². The largest absolute Gasteiger partial charge is 0.493 e. The molecule has 2 aromatic rings. The van der Waals surface area contributed by atoms with E-state index in [9.17, 15) is 9.59 Å². The number of benzene rings is 2. The highest BCUT2D eigenvalue weighted by atomic mass is 16.5. The molecule has 1 aliphatic rings. The minimum Gasteiger partial charge on any atom is -0.493 e. The van der Waals surface area contributed by atoms with Crippen molar-refractivity contribution in [3.63, 3.8) is 0 Å². The Morgan fingerprint density at radius 3 is 2.56 bits per heavy atom. The van der Waals surface area contributed by atoms with Gasteiger partial charge in [0.25, 0.3) is 0 Å². The molecule has 0 aliphatic carbocycles. The topological polar surface area (TPSA) is 67.9 Å². The van der Waals surface area contributed by atoms with Crippen molar-refractivity contribution in [2.45, 2.75) is 25.3 Å². The Balaban J connectivity index is 1.69. The van der Waals surface area contributed by atoms with Gasteiger partial charge in [-0.15, -0.1) is 0 Å². The predicted molar refractivity (Wildman–Crippen MR) is 126 cm³/mol. The van der Waals surface area contributed by atoms with Crippen molar-refractivity contribution in [1.82, 2.24) is 10.2 Å². The summed E-state index contributed by atoms with van der Waals surface area (Å²) >= 11 is 0. The number of methoxy groups -OCH3 is 1. The van der Waals surface area contributed by atoms with Crippen molar-refractivity contribution < 1.29 is 19.1 Å². The van der Waals surface area contributed by atoms with Gasteiger partial charge in [0.2, 0.25) is 11.8 Å². The molecule has 168 valence electrons. The molecule has 0 saturated carbocycles. The summed E-state index contributed by atoms with van der Waals surface area (Å²) in [5.74, 6) is 0.830. The average Bonchev–Trinajstić information content (AvgIpc) is 3.36. The SMILES string of the molecule is C=CCOc1ccc(/C=C/C(=O)N[C@H](Cc2ccccc2)C(=O)N2CCCC2)cc1OC. The standard InChI is InChI=1S/C26H30N2O4/c1-3-17-32-23-13-11-21(19-24(23)31-2)12-14-25(29)27-22(18-20-9-5-4-6-10-20)26(30)28-15-7-8-16-28/h3-6,9-14,19,22H,1,7-8,15-18H2,2H3,(H,27,29)/b14-12+/t22-/m1/s1. The molecule has 1 saturated heterocycles. The lowest BCUT2D eigenvalue weighted by molar-refractivity contribution is -0.134. The van der Waals surface area contributed by atoms with Crippen LogP contribution in [0.5, 0.6) is 11.5 Å². The zero-order valence-corrected chi connectivity index (χ0v) is 18.5. The van der Waals surface area contributed by atoms with E-state index in [-0.39, 0.29) is 11.8 Å². The lowest BCUT2D eigenvalue weighted by atomic mass is 10.0. The number of nitrogens with one attached hydrogen (secondary N) is 1. The van der Waals surface area contributed by atoms with Crippen molar-refractivity contribution >= 4 is 17.9 Å². The Labute approximate surface area is 189 Å². The molecule has 0 bridgehead atoms. The Kier molecular flexibility index (Phi) is 8.49. The minimum atomic E-state index is -0.600. The molecule has 1 N–H and O–H groups in total. The molecule has 6 heteroatoms. The number of likely N-dealkylation sites (tertiary alicyclic amines) is 1. The molecule has 6 nitrogen and oxygen atoms in total. The van der Waals surface area contributed by atoms with Gasteiger partial charge in [0, 0.05) is 25.6 Å². The first-order valence-electron chi connectivity index (χ1n) is 10.8. The number of carbonyl (C=O) groups excluding carboxylic acids is 2. The smallest absolute Gasteiger partial charge is 0.245 e. The van der Waals surface area contributed by atoms with Gasteiger partial charge >= 0.3 is 0 Å². The molecular weight excluding hydrogens is 404 g/mol. The van der Waals surface area contributed by atoms with E-state index in [2.05, 4.69) is 11.9 Å². The number of amides is 2. The van der Waals surface area contributed by atoms with E-state index in [1.165, 1.54) is 6.08 Å². The van der Waals surface area contributed by atoms with E-state index in [0.29, 0.717) is 24.5 Å². The maximum atomic E-state index is 13.0. The summed E-state index contributed by atoms with van der Waals surface area (Å²) < 4.78 is 10.9. The van der Waals surface area contributed by atoms with E-state index in [0.717, 1.165) is 37.1 Å². The van der Waals surface area contributed by atoms with E-state index < -0.39 is 6.04 Å². The van der Waals surface area contributed by atoms with E-state index in [4.69, 9.17) is 9.47 Å². The molecule has 1 atom stereocenters. The zero-order valence-electron chi connectivity index (χ0n) is 18.5. The molecule has 3 rings (SSSR count). The van der Waals surface area contributed by atoms with Crippen LogP contribution in [0, 0.1) is 0 Å². The second-order valence-electron chi connectivity index (χ2n) is 7.63. The summed E-state index contributed by atoms with van der Waals surface area (Å²) in [6.07, 6.45) is 7.26. The predicted octanol–water partition coefficient (Wildman–Crippen LogP) is 3.62. The molecule has 1 fully saturated rings. The van der Waals surface area contributed by atoms with Crippen LogP contribution in [-0.4, -0.2) is 49.6 Å². The molecule has 0 spiro atoms. The maximum Gasteiger partial charge on any atom is 0.245 e. The third-order valence-corrected chi connectivity index (χ3v) is 5.29. The minimum absolute atomic E-state index is 0.0292. The van der Waals surface area contributed by atoms with E-state index >= 15 is 0 Å². The van der Waals surface area contributed by atoms with Crippen LogP contribution in [0.15, 0.2) is 67.3 Å². The first kappa shape index (κ1) is 23.1. The molecule has 0 aromatic heterocycles. The van der Waals surface area contributed by atoms with Gasteiger partial charge in [-0.3, -0.25) is 9.59 Å². The van der Waals surface area contributed by atoms with Gasteiger partial charge in [-0.2, -0.15) is 0 Å². The van der Waals surface area contributed by atoms with Crippen molar-refractivity contribution in [2.75, 3.05) is 26.8 Å². The van der Waals surface area contributed by atoms with Crippen molar-refractivity contribution in [2.24, 2.45) is 0 Å². The van der Waals surface area contributed by atoms with Gasteiger partial charge in [-0.1, -0.05) is 49.1 Å². The van der Waals surface area contributed by atoms with Crippen LogP contribution in [0.4, 0.5) is 0 Å². The van der Waals surface area contributed by atoms with Crippen molar-refractivity contribution in [3.8, 4) is 11.5 Å². The third-order valence-electron chi connectivity index (χ3n) is 5.29. The summed E-state index contributed by atoms with van der Waals surface area (Å²) in [6.45, 7) is 5.51. The normalized spacial score (nSPS) is 14.2. The van der Waals surface area contributed by atoms with Gasteiger partial charge in [-0.05, 0) is 42.2 Å². The summed E-state index contributed by atoms with van der Waals surface area (Å²) in [6, 6.07) is 14.5. The lowest BCUT2D eigenvalue weighted by Gasteiger charge is -2.23. The Morgan fingerprint density at radius 1 is 1.12 bits per heavy atom. The number of carbonyl (C=O) groups is 2. The highest BCUT2D eigenvalue weighted by Crippen LogP contribution is 2.28. The highest BCUT2D eigenvalue weighted by Gasteiger charge is 2.27. The van der Waals surface area contributed by atoms with Crippen molar-refractivity contribution in [1.29, 1.82) is 0 Å². The second kappa shape index (κ2) is 11.7. The number of rotatable bonds is 10. The molecule has 32 heavy (non-hydrogen) atoms. The fourth-order valence-electron chi connectivity index (χ4n) is 3.66. The number of ether oxygens (including phenoxy) is 2. The lowest BCUT2D eigenvalue weighted by Crippen LogP contribution is -2.48. The Morgan fingerprint density at radius 2 is 1.88 bits per heavy atom. The third kappa shape index (κ3) is 6.48. The van der Waals surface area contributed by atoms with Crippen LogP contribution >= 0.6 is 0 Å². The summed E-state index contributed by atoms with van der Waals surface area (Å²) in [5, 5.41) is 2.90. The Bertz CT molecular complexity index is 950. The summed E-state index contributed by atoms with van der Waals surface area (Å²) in [5.41, 5.74) is 1.79. The molecule has 2 aromatic carbocycles. The fourth-order valence-corrected chi connectivity index (χ4v) is 3.66. The quantitative estimate of drug-likeness (QED) is 0.458. The zero-order chi connectivity index (χ0) is 22.8. The van der Waals surface area contributed by atoms with E-state index in [1.807, 2.05) is 41.3 Å². The number of hydrogen-bond acceptors (Lipinski definition) is 4. The number of hydrogen-bond donors (Lipinski definition) is 1. The van der Waals surface area contributed by atoms with Crippen LogP contribution < -0.4 is 14.8 Å². The van der Waals surface area contributed by atoms with Crippen LogP contribution in [0.1, 0.15) is 24.0 Å². The molecule has 2 amide bonds. The fraction of sp³-hybridized carbons (Fsp3) is 0.308. The van der Waals surface area contributed by atoms with Gasteiger partial charge in [0.15, 0.2) is 11.5 Å². The molecule has 0 radical (unpaired) electrons. The first-order chi connectivity index (χ1) is 15.6. The van der Waals surface area contributed by atoms with Gasteiger partial charge in [-0.25, -0.2) is 0 Å². The van der Waals surface area contributed by atoms with Gasteiger partial charge in [0.05, 0.1) is 7.11 Å². The number of nitrogens with zero attached hydrogens (tertiary/aromatic N) is 1. The van der Waals surface area contributed by atoms with Crippen LogP contribution in [0.3, 0.4) is 0 Å². The van der Waals surface area contributed by atoms with Gasteiger partial charge < -0.3 is 19.7 Å². The highest BCUT2D eigenvalue weighted by molar-refractivity contribution is 5.95. The van der Waals surface area contributed by atoms with Crippen LogP contribution in [0.25, 0.3) is 6.08 Å². The molecular formula is C26H30N2O4. The van der Waals surface area contributed by atoms with Crippen LogP contribution in [-0.2, 0) is 16.0 Å².